The van der Waals surface area contributed by atoms with Gasteiger partial charge in [0.2, 0.25) is 0 Å². The molecule has 0 atom stereocenters. The van der Waals surface area contributed by atoms with Crippen LogP contribution in [0.4, 0.5) is 0 Å². The van der Waals surface area contributed by atoms with Gasteiger partial charge in [-0.3, -0.25) is 0 Å². The molecule has 0 bridgehead atoms. The Labute approximate surface area is 169 Å². The van der Waals surface area contributed by atoms with Crippen molar-refractivity contribution in [3.8, 4) is 5.75 Å². The van der Waals surface area contributed by atoms with E-state index in [1.54, 1.807) is 0 Å². The first-order valence-corrected chi connectivity index (χ1v) is 9.80. The van der Waals surface area contributed by atoms with E-state index in [2.05, 4.69) is 29.0 Å². The Morgan fingerprint density at radius 1 is 1.14 bits per heavy atom. The van der Waals surface area contributed by atoms with Crippen molar-refractivity contribution in [3.63, 3.8) is 0 Å². The van der Waals surface area contributed by atoms with E-state index in [1.807, 2.05) is 36.4 Å². The summed E-state index contributed by atoms with van der Waals surface area (Å²) in [6.45, 7) is 3.55. The monoisotopic (exact) mass is 395 g/mol. The van der Waals surface area contributed by atoms with E-state index in [9.17, 15) is 4.79 Å². The van der Waals surface area contributed by atoms with Gasteiger partial charge in [0.1, 0.15) is 12.4 Å². The fraction of sp³-hybridized carbons (Fsp3) is 0.348. The predicted octanol–water partition coefficient (Wildman–Crippen LogP) is 3.73. The number of nitrogens with zero attached hydrogens (tertiary/aromatic N) is 1. The molecule has 0 amide bonds. The molecule has 0 spiro atoms. The minimum Gasteiger partial charge on any atom is -0.492 e. The second kappa shape index (κ2) is 8.27. The summed E-state index contributed by atoms with van der Waals surface area (Å²) in [7, 11) is 0. The van der Waals surface area contributed by atoms with E-state index in [0.29, 0.717) is 19.8 Å². The van der Waals surface area contributed by atoms with E-state index in [4.69, 9.17) is 19.3 Å². The van der Waals surface area contributed by atoms with Crippen molar-refractivity contribution in [2.45, 2.75) is 25.7 Å². The number of hydrogen-bond acceptors (Lipinski definition) is 4. The number of aliphatic carboxylic acids is 1. The maximum Gasteiger partial charge on any atom is 0.364 e. The van der Waals surface area contributed by atoms with Crippen LogP contribution in [0, 0.1) is 5.92 Å². The topological polar surface area (TPSA) is 69.9 Å². The Hall–Kier alpha value is -2.83. The average molecular weight is 395 g/mol. The molecule has 1 N–H and O–H groups in total. The van der Waals surface area contributed by atoms with Gasteiger partial charge in [-0.05, 0) is 41.6 Å². The number of carbonyl (C=O) groups is 1. The lowest BCUT2D eigenvalue weighted by Crippen LogP contribution is -2.48. The van der Waals surface area contributed by atoms with Crippen molar-refractivity contribution in [3.05, 3.63) is 66.4 Å². The van der Waals surface area contributed by atoms with Crippen LogP contribution >= 0.6 is 0 Å². The van der Waals surface area contributed by atoms with Gasteiger partial charge in [0.15, 0.2) is 0 Å². The molecule has 3 aromatic rings. The lowest BCUT2D eigenvalue weighted by molar-refractivity contribution is -0.270. The third-order valence-corrected chi connectivity index (χ3v) is 5.31. The molecule has 0 aliphatic carbocycles. The molecule has 2 aromatic carbocycles. The number of ether oxygens (including phenoxy) is 3. The Kier molecular flexibility index (Phi) is 5.56. The smallest absolute Gasteiger partial charge is 0.364 e. The second-order valence-corrected chi connectivity index (χ2v) is 7.50. The Balaban J connectivity index is 1.26. The highest BCUT2D eigenvalue weighted by molar-refractivity contribution is 5.79. The zero-order chi connectivity index (χ0) is 20.3. The number of para-hydroxylation sites is 1. The highest BCUT2D eigenvalue weighted by Crippen LogP contribution is 2.24. The molecule has 4 rings (SSSR count). The molecule has 1 aromatic heterocycles. The third kappa shape index (κ3) is 4.44. The molecule has 1 aliphatic rings. The van der Waals surface area contributed by atoms with Crippen LogP contribution in [0.1, 0.15) is 12.5 Å². The van der Waals surface area contributed by atoms with Crippen LogP contribution in [0.25, 0.3) is 10.9 Å². The minimum absolute atomic E-state index is 0.135. The molecule has 0 unspecified atom stereocenters. The van der Waals surface area contributed by atoms with E-state index in [1.165, 1.54) is 17.8 Å². The molecule has 1 fully saturated rings. The molecule has 29 heavy (non-hydrogen) atoms. The van der Waals surface area contributed by atoms with Crippen LogP contribution in [-0.2, 0) is 27.2 Å². The van der Waals surface area contributed by atoms with Gasteiger partial charge >= 0.3 is 5.97 Å². The van der Waals surface area contributed by atoms with Gasteiger partial charge in [0, 0.05) is 24.6 Å². The quantitative estimate of drug-likeness (QED) is 0.660. The van der Waals surface area contributed by atoms with Crippen LogP contribution in [0.15, 0.2) is 60.8 Å². The molecular weight excluding hydrogens is 370 g/mol. The molecule has 0 radical (unpaired) electrons. The van der Waals surface area contributed by atoms with Crippen LogP contribution in [0.2, 0.25) is 0 Å². The highest BCUT2D eigenvalue weighted by atomic mass is 16.7. The van der Waals surface area contributed by atoms with Gasteiger partial charge in [-0.15, -0.1) is 0 Å². The number of carboxylic acids is 1. The largest absolute Gasteiger partial charge is 0.492 e. The first-order valence-electron chi connectivity index (χ1n) is 9.80. The van der Waals surface area contributed by atoms with E-state index in [0.717, 1.165) is 24.3 Å². The van der Waals surface area contributed by atoms with Crippen molar-refractivity contribution in [2.24, 2.45) is 5.92 Å². The van der Waals surface area contributed by atoms with Gasteiger partial charge in [0.25, 0.3) is 5.79 Å². The fourth-order valence-electron chi connectivity index (χ4n) is 3.54. The van der Waals surface area contributed by atoms with E-state index >= 15 is 0 Å². The molecule has 1 aliphatic heterocycles. The summed E-state index contributed by atoms with van der Waals surface area (Å²) in [6, 6.07) is 18.4. The standard InChI is InChI=1S/C23H25NO5/c1-23(22(25)26)28-15-18(16-29-23)14-17-6-8-20(9-7-17)27-13-12-24-11-10-19-4-2-3-5-21(19)24/h2-11,18H,12-16H2,1H3,(H,25,26). The SMILES string of the molecule is CC1(C(=O)O)OCC(Cc2ccc(OCCn3ccc4ccccc43)cc2)CO1. The molecular formula is C23H25NO5. The second-order valence-electron chi connectivity index (χ2n) is 7.50. The summed E-state index contributed by atoms with van der Waals surface area (Å²) >= 11 is 0. The highest BCUT2D eigenvalue weighted by Gasteiger charge is 2.40. The van der Waals surface area contributed by atoms with Gasteiger partial charge in [-0.2, -0.15) is 0 Å². The molecule has 6 nitrogen and oxygen atoms in total. The zero-order valence-corrected chi connectivity index (χ0v) is 16.4. The van der Waals surface area contributed by atoms with Crippen LogP contribution < -0.4 is 4.74 Å². The molecule has 152 valence electrons. The number of aromatic nitrogens is 1. The van der Waals surface area contributed by atoms with Crippen LogP contribution in [-0.4, -0.2) is 41.3 Å². The van der Waals surface area contributed by atoms with Crippen molar-refractivity contribution in [2.75, 3.05) is 19.8 Å². The van der Waals surface area contributed by atoms with Crippen LogP contribution in [0.3, 0.4) is 0 Å². The summed E-state index contributed by atoms with van der Waals surface area (Å²) < 4.78 is 18.9. The first-order chi connectivity index (χ1) is 14.0. The van der Waals surface area contributed by atoms with Crippen LogP contribution in [0.5, 0.6) is 5.75 Å². The maximum atomic E-state index is 11.1. The van der Waals surface area contributed by atoms with Gasteiger partial charge in [-0.25, -0.2) is 4.79 Å². The lowest BCUT2D eigenvalue weighted by atomic mass is 9.99. The Bertz CT molecular complexity index is 970. The van der Waals surface area contributed by atoms with E-state index < -0.39 is 11.8 Å². The number of carboxylic acid groups (broad SMARTS) is 1. The average Bonchev–Trinajstić information content (AvgIpc) is 3.14. The van der Waals surface area contributed by atoms with Gasteiger partial charge in [-0.1, -0.05) is 30.3 Å². The minimum atomic E-state index is -1.53. The number of rotatable bonds is 7. The van der Waals surface area contributed by atoms with Gasteiger partial charge in [0.05, 0.1) is 19.8 Å². The Morgan fingerprint density at radius 3 is 2.59 bits per heavy atom. The zero-order valence-electron chi connectivity index (χ0n) is 16.4. The number of benzene rings is 2. The molecule has 6 heteroatoms. The number of hydrogen-bond donors (Lipinski definition) is 1. The van der Waals surface area contributed by atoms with Crippen molar-refractivity contribution >= 4 is 16.9 Å². The number of fused-ring (bicyclic) bond motifs is 1. The summed E-state index contributed by atoms with van der Waals surface area (Å²) in [5.74, 6) is -1.65. The van der Waals surface area contributed by atoms with Crippen molar-refractivity contribution < 1.29 is 24.1 Å². The third-order valence-electron chi connectivity index (χ3n) is 5.31. The van der Waals surface area contributed by atoms with Crippen molar-refractivity contribution in [1.29, 1.82) is 0 Å². The first kappa shape index (κ1) is 19.5. The fourth-order valence-corrected chi connectivity index (χ4v) is 3.54. The lowest BCUT2D eigenvalue weighted by Gasteiger charge is -2.34. The summed E-state index contributed by atoms with van der Waals surface area (Å²) in [6.07, 6.45) is 2.85. The summed E-state index contributed by atoms with van der Waals surface area (Å²) in [5.41, 5.74) is 2.35. The maximum absolute atomic E-state index is 11.1. The molecule has 0 saturated carbocycles. The van der Waals surface area contributed by atoms with E-state index in [-0.39, 0.29) is 5.92 Å². The van der Waals surface area contributed by atoms with Gasteiger partial charge < -0.3 is 23.9 Å². The normalized spacial score (nSPS) is 21.9. The summed E-state index contributed by atoms with van der Waals surface area (Å²) in [5, 5.41) is 10.4. The molecule has 1 saturated heterocycles. The van der Waals surface area contributed by atoms with Crippen molar-refractivity contribution in [1.82, 2.24) is 4.57 Å². The molecule has 2 heterocycles. The Morgan fingerprint density at radius 2 is 1.86 bits per heavy atom. The predicted molar refractivity (Wildman–Crippen MR) is 109 cm³/mol. The summed E-state index contributed by atoms with van der Waals surface area (Å²) in [4.78, 5) is 11.1.